The molecule has 1 radical (unpaired) electrons. The van der Waals surface area contributed by atoms with Gasteiger partial charge in [-0.05, 0) is 31.2 Å². The van der Waals surface area contributed by atoms with Crippen LogP contribution in [0.5, 0.6) is 0 Å². The van der Waals surface area contributed by atoms with Gasteiger partial charge in [-0.15, -0.1) is 0 Å². The van der Waals surface area contributed by atoms with E-state index in [9.17, 15) is 14.4 Å². The number of anilines is 1. The molecular weight excluding hydrogens is 348 g/mol. The van der Waals surface area contributed by atoms with E-state index in [0.29, 0.717) is 11.4 Å². The van der Waals surface area contributed by atoms with Crippen LogP contribution in [0, 0.1) is 0 Å². The van der Waals surface area contributed by atoms with Gasteiger partial charge in [-0.1, -0.05) is 24.3 Å². The van der Waals surface area contributed by atoms with Crippen molar-refractivity contribution < 1.29 is 19.1 Å². The largest absolute Gasteiger partial charge is 0.362 e. The number of ether oxygens (including phenoxy) is 1. The number of nitrogens with one attached hydrogen (secondary N) is 1. The summed E-state index contributed by atoms with van der Waals surface area (Å²) in [4.78, 5) is 42.8. The predicted octanol–water partition coefficient (Wildman–Crippen LogP) is 2.32. The minimum atomic E-state index is -0.733. The Labute approximate surface area is 157 Å². The Balaban J connectivity index is 2.36. The molecule has 1 aromatic heterocycles. The quantitative estimate of drug-likeness (QED) is 0.756. The highest BCUT2D eigenvalue weighted by Gasteiger charge is 2.31. The van der Waals surface area contributed by atoms with Crippen LogP contribution in [0.4, 0.5) is 15.3 Å². The Morgan fingerprint density at radius 3 is 2.48 bits per heavy atom. The van der Waals surface area contributed by atoms with Crippen LogP contribution in [0.15, 0.2) is 54.7 Å². The smallest absolute Gasteiger partial charge is 0.335 e. The monoisotopic (exact) mass is 369 g/mol. The van der Waals surface area contributed by atoms with Crippen LogP contribution in [0.2, 0.25) is 0 Å². The van der Waals surface area contributed by atoms with Crippen LogP contribution in [0.25, 0.3) is 0 Å². The summed E-state index contributed by atoms with van der Waals surface area (Å²) in [6.45, 7) is 1.52. The second-order valence-corrected chi connectivity index (χ2v) is 5.54. The van der Waals surface area contributed by atoms with Gasteiger partial charge < -0.3 is 10.1 Å². The van der Waals surface area contributed by atoms with Crippen molar-refractivity contribution in [3.8, 4) is 0 Å². The van der Waals surface area contributed by atoms with E-state index < -0.39 is 18.3 Å². The van der Waals surface area contributed by atoms with Gasteiger partial charge in [-0.25, -0.2) is 14.5 Å². The van der Waals surface area contributed by atoms with Gasteiger partial charge in [-0.2, -0.15) is 0 Å². The maximum Gasteiger partial charge on any atom is 0.335 e. The summed E-state index contributed by atoms with van der Waals surface area (Å²) in [5.74, 6) is 0. The maximum atomic E-state index is 13.2. The summed E-state index contributed by atoms with van der Waals surface area (Å²) in [5.41, 5.74) is 1.00. The first-order chi connectivity index (χ1) is 13.1. The molecule has 1 unspecified atom stereocenters. The number of nitrogens with zero attached hydrogens (tertiary/aromatic N) is 3. The molecule has 27 heavy (non-hydrogen) atoms. The first-order valence-electron chi connectivity index (χ1n) is 8.29. The van der Waals surface area contributed by atoms with Crippen molar-refractivity contribution in [3.05, 3.63) is 60.4 Å². The van der Waals surface area contributed by atoms with Crippen LogP contribution in [0.3, 0.4) is 0 Å². The number of methoxy groups -OCH3 is 1. The summed E-state index contributed by atoms with van der Waals surface area (Å²) in [7, 11) is 1.47. The molecule has 0 saturated carbocycles. The Morgan fingerprint density at radius 1 is 1.19 bits per heavy atom. The molecule has 0 fully saturated rings. The minimum Gasteiger partial charge on any atom is -0.362 e. The zero-order valence-corrected chi connectivity index (χ0v) is 15.2. The van der Waals surface area contributed by atoms with Crippen LogP contribution in [-0.4, -0.2) is 48.1 Å². The van der Waals surface area contributed by atoms with Gasteiger partial charge >= 0.3 is 12.1 Å². The van der Waals surface area contributed by atoms with Crippen molar-refractivity contribution in [1.29, 1.82) is 0 Å². The van der Waals surface area contributed by atoms with Gasteiger partial charge in [0.25, 0.3) is 0 Å². The summed E-state index contributed by atoms with van der Waals surface area (Å²) >= 11 is 0. The SMILES string of the molecule is COC(C)N(Cc1ccccn1)C(=O)N(C(=O)NC[C]=O)c1ccccc1. The first-order valence-corrected chi connectivity index (χ1v) is 8.29. The average Bonchev–Trinajstić information content (AvgIpc) is 2.71. The molecule has 1 N–H and O–H groups in total. The molecule has 2 aromatic rings. The summed E-state index contributed by atoms with van der Waals surface area (Å²) in [6.07, 6.45) is 2.59. The van der Waals surface area contributed by atoms with Gasteiger partial charge in [0.15, 0.2) is 0 Å². The van der Waals surface area contributed by atoms with Gasteiger partial charge in [0.1, 0.15) is 6.23 Å². The first kappa shape index (κ1) is 20.1. The molecule has 0 aliphatic rings. The number of aromatic nitrogens is 1. The van der Waals surface area contributed by atoms with E-state index in [1.165, 1.54) is 12.0 Å². The fraction of sp³-hybridized carbons (Fsp3) is 0.263. The number of imide groups is 1. The predicted molar refractivity (Wildman–Crippen MR) is 99.7 cm³/mol. The third kappa shape index (κ3) is 5.35. The zero-order chi connectivity index (χ0) is 19.6. The van der Waals surface area contributed by atoms with Gasteiger partial charge in [-0.3, -0.25) is 14.7 Å². The van der Waals surface area contributed by atoms with Crippen molar-refractivity contribution in [2.24, 2.45) is 0 Å². The lowest BCUT2D eigenvalue weighted by molar-refractivity contribution is 0.00320. The summed E-state index contributed by atoms with van der Waals surface area (Å²) < 4.78 is 5.31. The molecule has 8 nitrogen and oxygen atoms in total. The van der Waals surface area contributed by atoms with Crippen LogP contribution < -0.4 is 10.2 Å². The molecule has 0 saturated heterocycles. The fourth-order valence-electron chi connectivity index (χ4n) is 2.36. The molecule has 1 aromatic carbocycles. The van der Waals surface area contributed by atoms with Crippen molar-refractivity contribution in [3.63, 3.8) is 0 Å². The van der Waals surface area contributed by atoms with Gasteiger partial charge in [0, 0.05) is 13.3 Å². The molecule has 0 bridgehead atoms. The number of carbonyl (C=O) groups is 2. The molecule has 141 valence electrons. The van der Waals surface area contributed by atoms with E-state index >= 15 is 0 Å². The number of hydrogen-bond acceptors (Lipinski definition) is 5. The van der Waals surface area contributed by atoms with Crippen LogP contribution in [0.1, 0.15) is 12.6 Å². The molecule has 1 atom stereocenters. The second-order valence-electron chi connectivity index (χ2n) is 5.54. The third-order valence-electron chi connectivity index (χ3n) is 3.80. The van der Waals surface area contributed by atoms with Gasteiger partial charge in [0.05, 0.1) is 24.5 Å². The normalized spacial score (nSPS) is 11.3. The van der Waals surface area contributed by atoms with Crippen molar-refractivity contribution >= 4 is 24.0 Å². The maximum absolute atomic E-state index is 13.2. The molecule has 8 heteroatoms. The Hall–Kier alpha value is -3.26. The fourth-order valence-corrected chi connectivity index (χ4v) is 2.36. The molecule has 1 heterocycles. The van der Waals surface area contributed by atoms with E-state index in [-0.39, 0.29) is 13.1 Å². The molecular formula is C19H21N4O4. The third-order valence-corrected chi connectivity index (χ3v) is 3.80. The molecule has 0 aliphatic carbocycles. The zero-order valence-electron chi connectivity index (χ0n) is 15.2. The van der Waals surface area contributed by atoms with E-state index in [4.69, 9.17) is 4.74 Å². The van der Waals surface area contributed by atoms with Gasteiger partial charge in [0.2, 0.25) is 6.29 Å². The number of urea groups is 2. The number of pyridine rings is 1. The Morgan fingerprint density at radius 2 is 1.89 bits per heavy atom. The molecule has 4 amide bonds. The lowest BCUT2D eigenvalue weighted by atomic mass is 10.3. The van der Waals surface area contributed by atoms with Crippen LogP contribution >= 0.6 is 0 Å². The Kier molecular flexibility index (Phi) is 7.45. The Bertz CT molecular complexity index is 755. The van der Waals surface area contributed by atoms with Crippen LogP contribution in [-0.2, 0) is 16.1 Å². The highest BCUT2D eigenvalue weighted by Crippen LogP contribution is 2.19. The standard InChI is InChI=1S/C19H21N4O4/c1-15(27-2)22(14-16-8-6-7-11-20-16)19(26)23(18(25)21-12-13-24)17-9-4-3-5-10-17/h3-11,15H,12,14H2,1-2H3,(H,21,25). The van der Waals surface area contributed by atoms with Crippen molar-refractivity contribution in [1.82, 2.24) is 15.2 Å². The number of hydrogen-bond donors (Lipinski definition) is 1. The summed E-state index contributed by atoms with van der Waals surface area (Å²) in [6, 6.07) is 12.4. The topological polar surface area (TPSA) is 91.8 Å². The highest BCUT2D eigenvalue weighted by molar-refractivity contribution is 6.13. The number of benzene rings is 1. The molecule has 0 aliphatic heterocycles. The minimum absolute atomic E-state index is 0.144. The van der Waals surface area contributed by atoms with E-state index in [2.05, 4.69) is 10.3 Å². The number of rotatable bonds is 7. The molecule has 0 spiro atoms. The van der Waals surface area contributed by atoms with Crippen molar-refractivity contribution in [2.75, 3.05) is 18.6 Å². The average molecular weight is 369 g/mol. The van der Waals surface area contributed by atoms with E-state index in [1.807, 2.05) is 6.07 Å². The molecule has 2 rings (SSSR count). The number of carbonyl (C=O) groups excluding carboxylic acids is 3. The number of para-hydroxylation sites is 1. The number of amides is 4. The lowest BCUT2D eigenvalue weighted by Gasteiger charge is -2.32. The van der Waals surface area contributed by atoms with E-state index in [0.717, 1.165) is 4.90 Å². The second kappa shape index (κ2) is 10.0. The van der Waals surface area contributed by atoms with E-state index in [1.54, 1.807) is 61.9 Å². The highest BCUT2D eigenvalue weighted by atomic mass is 16.5. The van der Waals surface area contributed by atoms with Crippen molar-refractivity contribution in [2.45, 2.75) is 19.7 Å². The lowest BCUT2D eigenvalue weighted by Crippen LogP contribution is -2.53. The summed E-state index contributed by atoms with van der Waals surface area (Å²) in [5, 5.41) is 2.35.